The molecule has 2 aliphatic rings. The van der Waals surface area contributed by atoms with E-state index in [4.69, 9.17) is 4.99 Å². The zero-order valence-electron chi connectivity index (χ0n) is 10.8. The van der Waals surface area contributed by atoms with Gasteiger partial charge < -0.3 is 5.32 Å². The van der Waals surface area contributed by atoms with Gasteiger partial charge in [0.05, 0.1) is 12.1 Å². The highest BCUT2D eigenvalue weighted by Gasteiger charge is 2.31. The van der Waals surface area contributed by atoms with Crippen molar-refractivity contribution in [3.8, 4) is 0 Å². The number of hydrogen-bond donors (Lipinski definition) is 1. The molecule has 96 valence electrons. The second kappa shape index (κ2) is 5.35. The average molecular weight is 260 g/mol. The van der Waals surface area contributed by atoms with E-state index in [0.29, 0.717) is 12.1 Å². The van der Waals surface area contributed by atoms with Gasteiger partial charge in [-0.05, 0) is 31.2 Å². The maximum absolute atomic E-state index is 4.88. The molecule has 1 heterocycles. The Balaban J connectivity index is 1.66. The van der Waals surface area contributed by atoms with Crippen LogP contribution in [0.25, 0.3) is 0 Å². The summed E-state index contributed by atoms with van der Waals surface area (Å²) in [6, 6.07) is 11.5. The van der Waals surface area contributed by atoms with Crippen LogP contribution in [0, 0.1) is 5.92 Å². The Bertz CT molecular complexity index is 429. The highest BCUT2D eigenvalue weighted by molar-refractivity contribution is 8.13. The van der Waals surface area contributed by atoms with E-state index in [-0.39, 0.29) is 0 Å². The summed E-state index contributed by atoms with van der Waals surface area (Å²) in [6.07, 6.45) is 4.03. The van der Waals surface area contributed by atoms with Gasteiger partial charge in [0.1, 0.15) is 0 Å². The van der Waals surface area contributed by atoms with E-state index in [2.05, 4.69) is 42.6 Å². The number of aliphatic imine (C=N–C) groups is 1. The Morgan fingerprint density at radius 2 is 2.11 bits per heavy atom. The van der Waals surface area contributed by atoms with Gasteiger partial charge in [-0.2, -0.15) is 0 Å². The summed E-state index contributed by atoms with van der Waals surface area (Å²) < 4.78 is 0. The highest BCUT2D eigenvalue weighted by atomic mass is 32.2. The van der Waals surface area contributed by atoms with Crippen molar-refractivity contribution in [3.63, 3.8) is 0 Å². The number of rotatable bonds is 2. The summed E-state index contributed by atoms with van der Waals surface area (Å²) in [4.78, 5) is 4.88. The molecule has 18 heavy (non-hydrogen) atoms. The molecule has 3 atom stereocenters. The van der Waals surface area contributed by atoms with Crippen LogP contribution in [0.1, 0.15) is 37.8 Å². The maximum atomic E-state index is 4.88. The second-order valence-corrected chi connectivity index (χ2v) is 6.29. The molecule has 0 radical (unpaired) electrons. The van der Waals surface area contributed by atoms with Crippen molar-refractivity contribution in [2.75, 3.05) is 5.75 Å². The van der Waals surface area contributed by atoms with E-state index in [0.717, 1.165) is 11.1 Å². The molecule has 0 spiro atoms. The number of hydrogen-bond acceptors (Lipinski definition) is 3. The molecule has 0 bridgehead atoms. The summed E-state index contributed by atoms with van der Waals surface area (Å²) in [5, 5.41) is 4.71. The standard InChI is InChI=1S/C15H20N2S/c1-11(12-6-3-2-4-7-12)16-15-17-14-9-5-8-13(14)10-18-15/h2-4,6-7,11,13-14H,5,8-10H2,1H3,(H,16,17). The van der Waals surface area contributed by atoms with Gasteiger partial charge in [-0.25, -0.2) is 0 Å². The first-order chi connectivity index (χ1) is 8.83. The summed E-state index contributed by atoms with van der Waals surface area (Å²) in [5.74, 6) is 2.09. The highest BCUT2D eigenvalue weighted by Crippen LogP contribution is 2.35. The third-order valence-electron chi connectivity index (χ3n) is 3.98. The number of fused-ring (bicyclic) bond motifs is 1. The summed E-state index contributed by atoms with van der Waals surface area (Å²) in [5.41, 5.74) is 1.33. The van der Waals surface area contributed by atoms with E-state index in [1.54, 1.807) is 0 Å². The van der Waals surface area contributed by atoms with Crippen LogP contribution in [0.15, 0.2) is 35.3 Å². The van der Waals surface area contributed by atoms with Gasteiger partial charge in [-0.1, -0.05) is 48.5 Å². The van der Waals surface area contributed by atoms with Gasteiger partial charge in [0.25, 0.3) is 0 Å². The molecule has 1 aromatic rings. The lowest BCUT2D eigenvalue weighted by Gasteiger charge is -2.25. The van der Waals surface area contributed by atoms with Crippen LogP contribution in [0.3, 0.4) is 0 Å². The van der Waals surface area contributed by atoms with Crippen LogP contribution < -0.4 is 5.32 Å². The lowest BCUT2D eigenvalue weighted by Crippen LogP contribution is -2.31. The summed E-state index contributed by atoms with van der Waals surface area (Å²) in [7, 11) is 0. The van der Waals surface area contributed by atoms with Crippen molar-refractivity contribution in [2.24, 2.45) is 10.9 Å². The molecule has 0 amide bonds. The molecule has 0 aromatic heterocycles. The predicted octanol–water partition coefficient (Wildman–Crippen LogP) is 3.61. The van der Waals surface area contributed by atoms with Gasteiger partial charge in [0.2, 0.25) is 0 Å². The SMILES string of the molecule is CC(NC1=NC2CCCC2CS1)c1ccccc1. The Labute approximate surface area is 113 Å². The number of amidine groups is 1. The minimum atomic E-state index is 0.343. The molecule has 0 saturated heterocycles. The Hall–Kier alpha value is -0.960. The lowest BCUT2D eigenvalue weighted by atomic mass is 10.1. The smallest absolute Gasteiger partial charge is 0.157 e. The topological polar surface area (TPSA) is 24.4 Å². The van der Waals surface area contributed by atoms with Crippen LogP contribution in [0.4, 0.5) is 0 Å². The molecular weight excluding hydrogens is 240 g/mol. The summed E-state index contributed by atoms with van der Waals surface area (Å²) in [6.45, 7) is 2.21. The van der Waals surface area contributed by atoms with Crippen molar-refractivity contribution in [1.82, 2.24) is 5.32 Å². The van der Waals surface area contributed by atoms with E-state index >= 15 is 0 Å². The van der Waals surface area contributed by atoms with E-state index in [1.165, 1.54) is 30.6 Å². The molecule has 1 saturated carbocycles. The first-order valence-electron chi connectivity index (χ1n) is 6.85. The van der Waals surface area contributed by atoms with Gasteiger partial charge in [-0.3, -0.25) is 4.99 Å². The number of nitrogens with zero attached hydrogens (tertiary/aromatic N) is 1. The Morgan fingerprint density at radius 1 is 1.28 bits per heavy atom. The molecule has 1 fully saturated rings. The van der Waals surface area contributed by atoms with Gasteiger partial charge in [-0.15, -0.1) is 0 Å². The lowest BCUT2D eigenvalue weighted by molar-refractivity contribution is 0.531. The summed E-state index contributed by atoms with van der Waals surface area (Å²) >= 11 is 1.90. The van der Waals surface area contributed by atoms with Crippen molar-refractivity contribution in [3.05, 3.63) is 35.9 Å². The first-order valence-corrected chi connectivity index (χ1v) is 7.83. The number of benzene rings is 1. The van der Waals surface area contributed by atoms with Crippen molar-refractivity contribution in [1.29, 1.82) is 0 Å². The van der Waals surface area contributed by atoms with Gasteiger partial charge >= 0.3 is 0 Å². The molecule has 1 N–H and O–H groups in total. The third-order valence-corrected chi connectivity index (χ3v) is 5.07. The normalized spacial score (nSPS) is 28.4. The van der Waals surface area contributed by atoms with Crippen molar-refractivity contribution >= 4 is 16.9 Å². The van der Waals surface area contributed by atoms with E-state index in [1.807, 2.05) is 11.8 Å². The second-order valence-electron chi connectivity index (χ2n) is 5.28. The molecular formula is C15H20N2S. The zero-order valence-corrected chi connectivity index (χ0v) is 11.6. The fourth-order valence-electron chi connectivity index (χ4n) is 2.84. The predicted molar refractivity (Wildman–Crippen MR) is 79.0 cm³/mol. The molecule has 2 nitrogen and oxygen atoms in total. The zero-order chi connectivity index (χ0) is 12.4. The Morgan fingerprint density at radius 3 is 2.94 bits per heavy atom. The molecule has 3 unspecified atom stereocenters. The van der Waals surface area contributed by atoms with Crippen LogP contribution in [-0.4, -0.2) is 17.0 Å². The van der Waals surface area contributed by atoms with Crippen molar-refractivity contribution < 1.29 is 0 Å². The average Bonchev–Trinajstić information content (AvgIpc) is 2.87. The fourth-order valence-corrected chi connectivity index (χ4v) is 4.08. The monoisotopic (exact) mass is 260 g/mol. The van der Waals surface area contributed by atoms with Gasteiger partial charge in [0.15, 0.2) is 5.17 Å². The first kappa shape index (κ1) is 12.1. The van der Waals surface area contributed by atoms with Crippen LogP contribution in [0.5, 0.6) is 0 Å². The largest absolute Gasteiger partial charge is 0.358 e. The minimum absolute atomic E-state index is 0.343. The molecule has 1 aliphatic heterocycles. The quantitative estimate of drug-likeness (QED) is 0.878. The number of thioether (sulfide) groups is 1. The van der Waals surface area contributed by atoms with Crippen molar-refractivity contribution in [2.45, 2.75) is 38.3 Å². The Kier molecular flexibility index (Phi) is 3.59. The van der Waals surface area contributed by atoms with E-state index < -0.39 is 0 Å². The van der Waals surface area contributed by atoms with Gasteiger partial charge in [0, 0.05) is 5.75 Å². The molecule has 3 heteroatoms. The fraction of sp³-hybridized carbons (Fsp3) is 0.533. The molecule has 3 rings (SSSR count). The maximum Gasteiger partial charge on any atom is 0.157 e. The van der Waals surface area contributed by atoms with Crippen LogP contribution in [-0.2, 0) is 0 Å². The van der Waals surface area contributed by atoms with Crippen LogP contribution >= 0.6 is 11.8 Å². The van der Waals surface area contributed by atoms with Crippen LogP contribution in [0.2, 0.25) is 0 Å². The minimum Gasteiger partial charge on any atom is -0.358 e. The number of nitrogens with one attached hydrogen (secondary N) is 1. The van der Waals surface area contributed by atoms with E-state index in [9.17, 15) is 0 Å². The third kappa shape index (κ3) is 2.56. The molecule has 1 aliphatic carbocycles. The molecule has 1 aromatic carbocycles.